The van der Waals surface area contributed by atoms with Crippen LogP contribution in [0.2, 0.25) is 0 Å². The molecule has 0 aliphatic heterocycles. The van der Waals surface area contributed by atoms with Crippen LogP contribution >= 0.6 is 0 Å². The van der Waals surface area contributed by atoms with Crippen LogP contribution in [0.15, 0.2) is 48.5 Å². The molecule has 2 aromatic carbocycles. The van der Waals surface area contributed by atoms with Crippen LogP contribution in [0.4, 0.5) is 11.4 Å². The van der Waals surface area contributed by atoms with Crippen molar-refractivity contribution in [2.75, 3.05) is 23.4 Å². The van der Waals surface area contributed by atoms with Gasteiger partial charge in [-0.15, -0.1) is 0 Å². The third-order valence-electron chi connectivity index (χ3n) is 3.73. The minimum atomic E-state index is -0.344. The van der Waals surface area contributed by atoms with E-state index < -0.39 is 0 Å². The largest absolute Gasteiger partial charge is 0.492 e. The molecule has 0 unspecified atom stereocenters. The average molecular weight is 354 g/mol. The van der Waals surface area contributed by atoms with E-state index in [1.807, 2.05) is 13.0 Å². The number of ether oxygens (including phenoxy) is 1. The van der Waals surface area contributed by atoms with Crippen molar-refractivity contribution in [3.05, 3.63) is 54.1 Å². The molecule has 0 heterocycles. The van der Waals surface area contributed by atoms with Gasteiger partial charge in [0.05, 0.1) is 12.3 Å². The highest BCUT2D eigenvalue weighted by molar-refractivity contribution is 6.02. The number of ketones is 1. The molecular formula is C20H22N2O4. The third kappa shape index (κ3) is 4.92. The number of carbonyl (C=O) groups excluding carboxylic acids is 3. The molecule has 0 spiro atoms. The van der Waals surface area contributed by atoms with Gasteiger partial charge in [0.25, 0.3) is 0 Å². The van der Waals surface area contributed by atoms with Crippen molar-refractivity contribution in [1.29, 1.82) is 0 Å². The SMILES string of the molecule is CCOc1ccccc1NC(=O)CN(C(C)=O)c1ccc(C(C)=O)cc1. The van der Waals surface area contributed by atoms with Gasteiger partial charge in [-0.25, -0.2) is 0 Å². The van der Waals surface area contributed by atoms with E-state index >= 15 is 0 Å². The standard InChI is InChI=1S/C20H22N2O4/c1-4-26-19-8-6-5-7-18(19)21-20(25)13-22(15(3)24)17-11-9-16(10-12-17)14(2)23/h5-12H,4,13H2,1-3H3,(H,21,25). The van der Waals surface area contributed by atoms with Crippen LogP contribution in [0, 0.1) is 0 Å². The van der Waals surface area contributed by atoms with Gasteiger partial charge in [0.1, 0.15) is 12.3 Å². The summed E-state index contributed by atoms with van der Waals surface area (Å²) in [5, 5.41) is 2.77. The summed E-state index contributed by atoms with van der Waals surface area (Å²) >= 11 is 0. The molecule has 6 nitrogen and oxygen atoms in total. The maximum absolute atomic E-state index is 12.4. The number of para-hydroxylation sites is 2. The summed E-state index contributed by atoms with van der Waals surface area (Å²) in [4.78, 5) is 37.1. The van der Waals surface area contributed by atoms with E-state index in [1.54, 1.807) is 42.5 Å². The first-order chi connectivity index (χ1) is 12.4. The number of nitrogens with one attached hydrogen (secondary N) is 1. The smallest absolute Gasteiger partial charge is 0.244 e. The highest BCUT2D eigenvalue weighted by Crippen LogP contribution is 2.24. The molecule has 0 aromatic heterocycles. The molecule has 0 fully saturated rings. The molecule has 0 aliphatic carbocycles. The second-order valence-corrected chi connectivity index (χ2v) is 5.69. The lowest BCUT2D eigenvalue weighted by molar-refractivity contribution is -0.120. The van der Waals surface area contributed by atoms with E-state index in [1.165, 1.54) is 18.7 Å². The van der Waals surface area contributed by atoms with Gasteiger partial charge in [-0.1, -0.05) is 12.1 Å². The Kier molecular flexibility index (Phi) is 6.49. The minimum Gasteiger partial charge on any atom is -0.492 e. The van der Waals surface area contributed by atoms with Gasteiger partial charge < -0.3 is 15.0 Å². The van der Waals surface area contributed by atoms with Gasteiger partial charge in [0.2, 0.25) is 11.8 Å². The molecule has 26 heavy (non-hydrogen) atoms. The molecule has 0 saturated carbocycles. The third-order valence-corrected chi connectivity index (χ3v) is 3.73. The van der Waals surface area contributed by atoms with Crippen molar-refractivity contribution >= 4 is 29.0 Å². The van der Waals surface area contributed by atoms with Crippen LogP contribution in [-0.2, 0) is 9.59 Å². The Morgan fingerprint density at radius 2 is 1.65 bits per heavy atom. The second kappa shape index (κ2) is 8.80. The Morgan fingerprint density at radius 3 is 2.23 bits per heavy atom. The maximum Gasteiger partial charge on any atom is 0.244 e. The Labute approximate surface area is 152 Å². The quantitative estimate of drug-likeness (QED) is 0.774. The lowest BCUT2D eigenvalue weighted by atomic mass is 10.1. The monoisotopic (exact) mass is 354 g/mol. The van der Waals surface area contributed by atoms with Crippen molar-refractivity contribution in [2.45, 2.75) is 20.8 Å². The number of carbonyl (C=O) groups is 3. The Bertz CT molecular complexity index is 800. The highest BCUT2D eigenvalue weighted by Gasteiger charge is 2.17. The molecule has 0 aliphatic rings. The molecule has 2 rings (SSSR count). The van der Waals surface area contributed by atoms with Crippen LogP contribution in [0.1, 0.15) is 31.1 Å². The molecule has 1 N–H and O–H groups in total. The lowest BCUT2D eigenvalue weighted by Gasteiger charge is -2.21. The number of amides is 2. The molecule has 0 radical (unpaired) electrons. The fourth-order valence-electron chi connectivity index (χ4n) is 2.45. The second-order valence-electron chi connectivity index (χ2n) is 5.69. The molecule has 0 atom stereocenters. The van der Waals surface area contributed by atoms with E-state index in [0.717, 1.165) is 0 Å². The lowest BCUT2D eigenvalue weighted by Crippen LogP contribution is -2.36. The fourth-order valence-corrected chi connectivity index (χ4v) is 2.45. The normalized spacial score (nSPS) is 10.1. The summed E-state index contributed by atoms with van der Waals surface area (Å²) in [5.41, 5.74) is 1.65. The van der Waals surface area contributed by atoms with Gasteiger partial charge in [-0.05, 0) is 50.2 Å². The zero-order chi connectivity index (χ0) is 19.1. The number of nitrogens with zero attached hydrogens (tertiary/aromatic N) is 1. The van der Waals surface area contributed by atoms with Gasteiger partial charge in [0, 0.05) is 18.2 Å². The van der Waals surface area contributed by atoms with Crippen molar-refractivity contribution < 1.29 is 19.1 Å². The first-order valence-corrected chi connectivity index (χ1v) is 8.33. The van der Waals surface area contributed by atoms with Crippen molar-refractivity contribution in [1.82, 2.24) is 0 Å². The zero-order valence-electron chi connectivity index (χ0n) is 15.1. The van der Waals surface area contributed by atoms with Crippen molar-refractivity contribution in [3.8, 4) is 5.75 Å². The summed E-state index contributed by atoms with van der Waals surface area (Å²) in [6.07, 6.45) is 0. The highest BCUT2D eigenvalue weighted by atomic mass is 16.5. The summed E-state index contributed by atoms with van der Waals surface area (Å²) < 4.78 is 5.48. The number of hydrogen-bond acceptors (Lipinski definition) is 4. The molecule has 0 saturated heterocycles. The molecular weight excluding hydrogens is 332 g/mol. The van der Waals surface area contributed by atoms with Gasteiger partial charge in [0.15, 0.2) is 5.78 Å². The molecule has 136 valence electrons. The Morgan fingerprint density at radius 1 is 1.00 bits per heavy atom. The molecule has 2 amide bonds. The zero-order valence-corrected chi connectivity index (χ0v) is 15.1. The summed E-state index contributed by atoms with van der Waals surface area (Å²) in [7, 11) is 0. The Hall–Kier alpha value is -3.15. The fraction of sp³-hybridized carbons (Fsp3) is 0.250. The number of benzene rings is 2. The summed E-state index contributed by atoms with van der Waals surface area (Å²) in [5.74, 6) is -0.100. The first kappa shape index (κ1) is 19.2. The van der Waals surface area contributed by atoms with E-state index in [0.29, 0.717) is 29.3 Å². The van der Waals surface area contributed by atoms with Crippen LogP contribution in [0.3, 0.4) is 0 Å². The van der Waals surface area contributed by atoms with Crippen LogP contribution in [0.5, 0.6) is 5.75 Å². The van der Waals surface area contributed by atoms with Crippen LogP contribution in [-0.4, -0.2) is 30.7 Å². The minimum absolute atomic E-state index is 0.0591. The molecule has 6 heteroatoms. The number of Topliss-reactive ketones (excluding diaryl/α,β-unsaturated/α-hetero) is 1. The van der Waals surface area contributed by atoms with E-state index in [-0.39, 0.29) is 24.1 Å². The van der Waals surface area contributed by atoms with Gasteiger partial charge in [-0.3, -0.25) is 14.4 Å². The first-order valence-electron chi connectivity index (χ1n) is 8.33. The van der Waals surface area contributed by atoms with Crippen LogP contribution < -0.4 is 15.0 Å². The average Bonchev–Trinajstić information content (AvgIpc) is 2.61. The topological polar surface area (TPSA) is 75.7 Å². The molecule has 2 aromatic rings. The number of anilines is 2. The summed E-state index contributed by atoms with van der Waals surface area (Å²) in [6, 6.07) is 13.7. The Balaban J connectivity index is 2.13. The van der Waals surface area contributed by atoms with Crippen molar-refractivity contribution in [3.63, 3.8) is 0 Å². The number of rotatable bonds is 7. The van der Waals surface area contributed by atoms with E-state index in [9.17, 15) is 14.4 Å². The van der Waals surface area contributed by atoms with Gasteiger partial charge in [-0.2, -0.15) is 0 Å². The van der Waals surface area contributed by atoms with Crippen molar-refractivity contribution in [2.24, 2.45) is 0 Å². The number of hydrogen-bond donors (Lipinski definition) is 1. The van der Waals surface area contributed by atoms with E-state index in [4.69, 9.17) is 4.74 Å². The van der Waals surface area contributed by atoms with Gasteiger partial charge >= 0.3 is 0 Å². The predicted octanol–water partition coefficient (Wildman–Crippen LogP) is 3.28. The predicted molar refractivity (Wildman–Crippen MR) is 101 cm³/mol. The maximum atomic E-state index is 12.4. The van der Waals surface area contributed by atoms with Crippen LogP contribution in [0.25, 0.3) is 0 Å². The summed E-state index contributed by atoms with van der Waals surface area (Å²) in [6.45, 7) is 5.06. The van der Waals surface area contributed by atoms with E-state index in [2.05, 4.69) is 5.32 Å². The molecule has 0 bridgehead atoms.